The Morgan fingerprint density at radius 3 is 3.18 bits per heavy atom. The summed E-state index contributed by atoms with van der Waals surface area (Å²) in [5.41, 5.74) is 6.55. The molecule has 1 amide bonds. The lowest BCUT2D eigenvalue weighted by Crippen LogP contribution is -2.30. The van der Waals surface area contributed by atoms with Crippen molar-refractivity contribution in [3.63, 3.8) is 0 Å². The molecule has 1 unspecified atom stereocenters. The molecule has 94 valence electrons. The van der Waals surface area contributed by atoms with Crippen LogP contribution in [0, 0.1) is 5.92 Å². The van der Waals surface area contributed by atoms with E-state index in [0.29, 0.717) is 17.3 Å². The van der Waals surface area contributed by atoms with Gasteiger partial charge in [0.15, 0.2) is 5.69 Å². The van der Waals surface area contributed by atoms with Gasteiger partial charge in [-0.1, -0.05) is 0 Å². The smallest absolute Gasteiger partial charge is 0.273 e. The molecule has 0 radical (unpaired) electrons. The van der Waals surface area contributed by atoms with E-state index < -0.39 is 0 Å². The average molecular weight is 254 g/mol. The molecule has 1 saturated heterocycles. The van der Waals surface area contributed by atoms with Crippen LogP contribution in [-0.2, 0) is 6.54 Å². The Balaban J connectivity index is 1.91. The molecular formula is C11H18N4OS. The number of aryl methyl sites for hydroxylation is 1. The molecule has 1 aromatic heterocycles. The predicted octanol–water partition coefficient (Wildman–Crippen LogP) is 0.968. The summed E-state index contributed by atoms with van der Waals surface area (Å²) in [5.74, 6) is 2.77. The second-order valence-electron chi connectivity index (χ2n) is 4.23. The Kier molecular flexibility index (Phi) is 3.93. The second-order valence-corrected chi connectivity index (χ2v) is 5.38. The molecule has 2 heterocycles. The third-order valence-corrected chi connectivity index (χ3v) is 4.14. The monoisotopic (exact) mass is 254 g/mol. The van der Waals surface area contributed by atoms with Crippen LogP contribution in [0.25, 0.3) is 0 Å². The first kappa shape index (κ1) is 12.3. The fraction of sp³-hybridized carbons (Fsp3) is 0.636. The van der Waals surface area contributed by atoms with Crippen LogP contribution in [-0.4, -0.2) is 33.7 Å². The van der Waals surface area contributed by atoms with Crippen LogP contribution >= 0.6 is 11.8 Å². The highest BCUT2D eigenvalue weighted by atomic mass is 32.2. The van der Waals surface area contributed by atoms with Crippen LogP contribution in [0.2, 0.25) is 0 Å². The summed E-state index contributed by atoms with van der Waals surface area (Å²) in [7, 11) is 0. The summed E-state index contributed by atoms with van der Waals surface area (Å²) in [6.07, 6.45) is 2.88. The third kappa shape index (κ3) is 2.94. The Morgan fingerprint density at radius 1 is 1.76 bits per heavy atom. The summed E-state index contributed by atoms with van der Waals surface area (Å²) in [4.78, 5) is 11.9. The van der Waals surface area contributed by atoms with E-state index in [1.54, 1.807) is 10.9 Å². The Hall–Kier alpha value is -1.17. The second kappa shape index (κ2) is 5.44. The molecule has 0 aliphatic carbocycles. The number of amides is 1. The number of nitrogens with two attached hydrogens (primary N) is 1. The quantitative estimate of drug-likeness (QED) is 0.839. The maximum Gasteiger partial charge on any atom is 0.273 e. The van der Waals surface area contributed by atoms with Gasteiger partial charge in [0.05, 0.1) is 5.69 Å². The van der Waals surface area contributed by atoms with Gasteiger partial charge < -0.3 is 11.1 Å². The Morgan fingerprint density at radius 2 is 2.59 bits per heavy atom. The highest BCUT2D eigenvalue weighted by Gasteiger charge is 2.19. The van der Waals surface area contributed by atoms with Gasteiger partial charge in [-0.3, -0.25) is 9.48 Å². The number of nitrogen functional groups attached to an aromatic ring is 1. The van der Waals surface area contributed by atoms with E-state index in [2.05, 4.69) is 10.4 Å². The Labute approximate surface area is 105 Å². The van der Waals surface area contributed by atoms with Crippen LogP contribution in [0.3, 0.4) is 0 Å². The van der Waals surface area contributed by atoms with Gasteiger partial charge in [-0.2, -0.15) is 16.9 Å². The highest BCUT2D eigenvalue weighted by molar-refractivity contribution is 7.99. The minimum atomic E-state index is -0.161. The Bertz CT molecular complexity index is 398. The van der Waals surface area contributed by atoms with E-state index in [1.807, 2.05) is 18.7 Å². The van der Waals surface area contributed by atoms with Crippen LogP contribution in [0.4, 0.5) is 5.69 Å². The zero-order chi connectivity index (χ0) is 12.3. The number of carbonyl (C=O) groups is 1. The first-order valence-electron chi connectivity index (χ1n) is 5.89. The summed E-state index contributed by atoms with van der Waals surface area (Å²) >= 11 is 1.94. The molecule has 5 nitrogen and oxygen atoms in total. The fourth-order valence-electron chi connectivity index (χ4n) is 1.84. The number of anilines is 1. The van der Waals surface area contributed by atoms with E-state index in [-0.39, 0.29) is 5.91 Å². The molecule has 6 heteroatoms. The lowest BCUT2D eigenvalue weighted by molar-refractivity contribution is 0.0943. The van der Waals surface area contributed by atoms with Crippen molar-refractivity contribution in [1.29, 1.82) is 0 Å². The molecule has 1 aliphatic rings. The number of nitrogens with one attached hydrogen (secondary N) is 1. The van der Waals surface area contributed by atoms with Gasteiger partial charge in [0.25, 0.3) is 5.91 Å². The normalized spacial score (nSPS) is 19.5. The fourth-order valence-corrected chi connectivity index (χ4v) is 3.12. The number of rotatable bonds is 4. The summed E-state index contributed by atoms with van der Waals surface area (Å²) < 4.78 is 1.68. The van der Waals surface area contributed by atoms with Crippen molar-refractivity contribution < 1.29 is 4.79 Å². The molecule has 1 aromatic rings. The molecule has 0 saturated carbocycles. The van der Waals surface area contributed by atoms with Gasteiger partial charge in [-0.05, 0) is 30.8 Å². The lowest BCUT2D eigenvalue weighted by Gasteiger charge is -2.08. The van der Waals surface area contributed by atoms with Gasteiger partial charge in [0.2, 0.25) is 0 Å². The zero-order valence-corrected chi connectivity index (χ0v) is 10.8. The molecule has 3 N–H and O–H groups in total. The minimum Gasteiger partial charge on any atom is -0.396 e. The van der Waals surface area contributed by atoms with Gasteiger partial charge in [-0.25, -0.2) is 0 Å². The molecule has 0 aromatic carbocycles. The van der Waals surface area contributed by atoms with E-state index >= 15 is 0 Å². The molecular weight excluding hydrogens is 236 g/mol. The largest absolute Gasteiger partial charge is 0.396 e. The van der Waals surface area contributed by atoms with Crippen LogP contribution < -0.4 is 11.1 Å². The maximum atomic E-state index is 11.9. The first-order chi connectivity index (χ1) is 8.20. The highest BCUT2D eigenvalue weighted by Crippen LogP contribution is 2.22. The van der Waals surface area contributed by atoms with Crippen LogP contribution in [0.1, 0.15) is 23.8 Å². The molecule has 0 bridgehead atoms. The molecule has 1 aliphatic heterocycles. The van der Waals surface area contributed by atoms with E-state index in [4.69, 9.17) is 5.73 Å². The molecule has 1 fully saturated rings. The number of aromatic nitrogens is 2. The third-order valence-electron chi connectivity index (χ3n) is 2.90. The van der Waals surface area contributed by atoms with Gasteiger partial charge in [0.1, 0.15) is 0 Å². The van der Waals surface area contributed by atoms with E-state index in [1.165, 1.54) is 12.2 Å². The maximum absolute atomic E-state index is 11.9. The van der Waals surface area contributed by atoms with Gasteiger partial charge >= 0.3 is 0 Å². The van der Waals surface area contributed by atoms with Crippen molar-refractivity contribution in [1.82, 2.24) is 15.1 Å². The molecule has 17 heavy (non-hydrogen) atoms. The summed E-state index contributed by atoms with van der Waals surface area (Å²) in [5, 5.41) is 7.06. The molecule has 2 rings (SSSR count). The molecule has 1 atom stereocenters. The predicted molar refractivity (Wildman–Crippen MR) is 70.1 cm³/mol. The van der Waals surface area contributed by atoms with Crippen LogP contribution in [0.15, 0.2) is 6.20 Å². The lowest BCUT2D eigenvalue weighted by atomic mass is 10.1. The molecule has 0 spiro atoms. The SMILES string of the molecule is CCn1cc(N)c(C(=O)NCC2CCSC2)n1. The standard InChI is InChI=1S/C11H18N4OS/c1-2-15-6-9(12)10(14-15)11(16)13-5-8-3-4-17-7-8/h6,8H,2-5,7,12H2,1H3,(H,13,16). The number of nitrogens with zero attached hydrogens (tertiary/aromatic N) is 2. The average Bonchev–Trinajstić information content (AvgIpc) is 2.94. The number of hydrogen-bond donors (Lipinski definition) is 2. The first-order valence-corrected chi connectivity index (χ1v) is 7.05. The number of hydrogen-bond acceptors (Lipinski definition) is 4. The summed E-state index contributed by atoms with van der Waals surface area (Å²) in [6.45, 7) is 3.41. The topological polar surface area (TPSA) is 72.9 Å². The number of carbonyl (C=O) groups excluding carboxylic acids is 1. The van der Waals surface area contributed by atoms with Crippen molar-refractivity contribution in [3.05, 3.63) is 11.9 Å². The van der Waals surface area contributed by atoms with Crippen LogP contribution in [0.5, 0.6) is 0 Å². The van der Waals surface area contributed by atoms with Crippen molar-refractivity contribution >= 4 is 23.4 Å². The van der Waals surface area contributed by atoms with Crippen molar-refractivity contribution in [2.45, 2.75) is 19.9 Å². The van der Waals surface area contributed by atoms with Gasteiger partial charge in [-0.15, -0.1) is 0 Å². The van der Waals surface area contributed by atoms with Crippen molar-refractivity contribution in [3.8, 4) is 0 Å². The van der Waals surface area contributed by atoms with Gasteiger partial charge in [0, 0.05) is 19.3 Å². The van der Waals surface area contributed by atoms with E-state index in [9.17, 15) is 4.79 Å². The number of thioether (sulfide) groups is 1. The van der Waals surface area contributed by atoms with E-state index in [0.717, 1.165) is 18.8 Å². The van der Waals surface area contributed by atoms with Crippen molar-refractivity contribution in [2.24, 2.45) is 5.92 Å². The zero-order valence-electron chi connectivity index (χ0n) is 9.98. The van der Waals surface area contributed by atoms with Crippen molar-refractivity contribution in [2.75, 3.05) is 23.8 Å². The minimum absolute atomic E-state index is 0.161. The summed E-state index contributed by atoms with van der Waals surface area (Å²) in [6, 6.07) is 0.